The van der Waals surface area contributed by atoms with Crippen LogP contribution in [0, 0.1) is 12.8 Å². The molecule has 0 spiro atoms. The van der Waals surface area contributed by atoms with E-state index in [1.54, 1.807) is 6.92 Å². The number of carbonyl (C=O) groups excluding carboxylic acids is 3. The molecule has 4 rings (SSSR count). The number of aryl methyl sites for hydroxylation is 1. The smallest absolute Gasteiger partial charge is 0.331 e. The van der Waals surface area contributed by atoms with Crippen LogP contribution in [0.4, 0.5) is 15.3 Å². The predicted molar refractivity (Wildman–Crippen MR) is 138 cm³/mol. The van der Waals surface area contributed by atoms with Crippen molar-refractivity contribution in [3.05, 3.63) is 59.7 Å². The van der Waals surface area contributed by atoms with E-state index in [0.29, 0.717) is 0 Å². The summed E-state index contributed by atoms with van der Waals surface area (Å²) in [4.78, 5) is 45.0. The lowest BCUT2D eigenvalue weighted by Crippen LogP contribution is -2.67. The van der Waals surface area contributed by atoms with Gasteiger partial charge in [0, 0.05) is 12.2 Å². The van der Waals surface area contributed by atoms with Gasteiger partial charge in [0.15, 0.2) is 6.29 Å². The van der Waals surface area contributed by atoms with Gasteiger partial charge in [0.2, 0.25) is 0 Å². The molecule has 4 amide bonds. The molecule has 2 aliphatic rings. The van der Waals surface area contributed by atoms with Crippen LogP contribution in [0.25, 0.3) is 0 Å². The summed E-state index contributed by atoms with van der Waals surface area (Å²) in [6.45, 7) is 3.61. The first-order valence-electron chi connectivity index (χ1n) is 12.7. The minimum absolute atomic E-state index is 0.162. The Morgan fingerprint density at radius 1 is 1.08 bits per heavy atom. The number of hydrogen-bond donors (Lipinski definition) is 3. The van der Waals surface area contributed by atoms with Gasteiger partial charge < -0.3 is 14.9 Å². The van der Waals surface area contributed by atoms with Crippen molar-refractivity contribution in [1.29, 1.82) is 0 Å². The second-order valence-electron chi connectivity index (χ2n) is 9.74. The average Bonchev–Trinajstić information content (AvgIpc) is 2.91. The summed E-state index contributed by atoms with van der Waals surface area (Å²) in [5.74, 6) is 4.29. The van der Waals surface area contributed by atoms with Crippen molar-refractivity contribution in [2.45, 2.75) is 64.9 Å². The number of imide groups is 1. The molecule has 2 aromatic carbocycles. The van der Waals surface area contributed by atoms with Gasteiger partial charge in [-0.1, -0.05) is 43.2 Å². The van der Waals surface area contributed by atoms with E-state index >= 15 is 0 Å². The fourth-order valence-electron chi connectivity index (χ4n) is 4.58. The van der Waals surface area contributed by atoms with Crippen molar-refractivity contribution < 1.29 is 24.0 Å². The van der Waals surface area contributed by atoms with E-state index in [0.717, 1.165) is 40.3 Å². The number of nitrogens with one attached hydrogen (secondary N) is 2. The summed E-state index contributed by atoms with van der Waals surface area (Å²) < 4.78 is 6.11. The van der Waals surface area contributed by atoms with Crippen LogP contribution >= 0.6 is 0 Å². The van der Waals surface area contributed by atoms with Crippen LogP contribution in [0.2, 0.25) is 0 Å². The third kappa shape index (κ3) is 6.71. The van der Waals surface area contributed by atoms with E-state index in [1.165, 1.54) is 24.2 Å². The van der Waals surface area contributed by atoms with Crippen LogP contribution in [-0.4, -0.2) is 46.8 Å². The molecule has 2 fully saturated rings. The van der Waals surface area contributed by atoms with E-state index in [2.05, 4.69) is 15.5 Å². The highest BCUT2D eigenvalue weighted by molar-refractivity contribution is 5.96. The predicted octanol–water partition coefficient (Wildman–Crippen LogP) is 4.10. The monoisotopic (exact) mass is 509 g/mol. The van der Waals surface area contributed by atoms with Gasteiger partial charge in [-0.2, -0.15) is 5.90 Å². The maximum Gasteiger partial charge on any atom is 0.331 e. The quantitative estimate of drug-likeness (QED) is 0.435. The topological polar surface area (TPSA) is 126 Å². The number of anilines is 1. The van der Waals surface area contributed by atoms with Gasteiger partial charge in [0.1, 0.15) is 5.75 Å². The molecule has 0 aromatic heterocycles. The van der Waals surface area contributed by atoms with Crippen LogP contribution in [0.3, 0.4) is 0 Å². The third-order valence-corrected chi connectivity index (χ3v) is 6.75. The summed E-state index contributed by atoms with van der Waals surface area (Å²) >= 11 is 0. The molecule has 10 nitrogen and oxygen atoms in total. The SMILES string of the molecule is Cc1ccc(CN2C(=O)N(C[C@H](C)C(=O)ON)C(=O)NC2Nc2ccc(OC3CCCCC3)cc2)cc1. The van der Waals surface area contributed by atoms with Gasteiger partial charge >= 0.3 is 18.0 Å². The highest BCUT2D eigenvalue weighted by atomic mass is 16.7. The van der Waals surface area contributed by atoms with E-state index in [9.17, 15) is 14.4 Å². The molecular weight excluding hydrogens is 474 g/mol. The Kier molecular flexibility index (Phi) is 8.50. The fraction of sp³-hybridized carbons (Fsp3) is 0.444. The highest BCUT2D eigenvalue weighted by Crippen LogP contribution is 2.25. The van der Waals surface area contributed by atoms with Gasteiger partial charge in [-0.15, -0.1) is 0 Å². The Labute approximate surface area is 217 Å². The Bertz CT molecular complexity index is 1090. The number of urea groups is 2. The lowest BCUT2D eigenvalue weighted by molar-refractivity contribution is -0.148. The minimum atomic E-state index is -0.806. The van der Waals surface area contributed by atoms with Crippen LogP contribution in [0.5, 0.6) is 5.75 Å². The molecule has 1 aliphatic carbocycles. The van der Waals surface area contributed by atoms with E-state index in [-0.39, 0.29) is 19.2 Å². The number of rotatable bonds is 9. The molecule has 1 saturated heterocycles. The second-order valence-corrected chi connectivity index (χ2v) is 9.74. The maximum atomic E-state index is 13.5. The normalized spacial score (nSPS) is 19.3. The van der Waals surface area contributed by atoms with Crippen LogP contribution in [0.15, 0.2) is 48.5 Å². The zero-order valence-corrected chi connectivity index (χ0v) is 21.3. The first-order chi connectivity index (χ1) is 17.8. The maximum absolute atomic E-state index is 13.5. The van der Waals surface area contributed by atoms with E-state index < -0.39 is 30.2 Å². The molecule has 1 heterocycles. The summed E-state index contributed by atoms with van der Waals surface area (Å²) in [6.07, 6.45) is 5.24. The molecule has 4 N–H and O–H groups in total. The fourth-order valence-corrected chi connectivity index (χ4v) is 4.58. The third-order valence-electron chi connectivity index (χ3n) is 6.75. The second kappa shape index (κ2) is 12.0. The number of hydrogen-bond acceptors (Lipinski definition) is 7. The van der Waals surface area contributed by atoms with Crippen molar-refractivity contribution in [2.75, 3.05) is 11.9 Å². The molecule has 1 aliphatic heterocycles. The van der Waals surface area contributed by atoms with Crippen molar-refractivity contribution in [2.24, 2.45) is 11.8 Å². The molecule has 1 saturated carbocycles. The summed E-state index contributed by atoms with van der Waals surface area (Å²) in [5.41, 5.74) is 2.71. The molecule has 37 heavy (non-hydrogen) atoms. The summed E-state index contributed by atoms with van der Waals surface area (Å²) in [5, 5.41) is 6.08. The Hall–Kier alpha value is -3.79. The van der Waals surface area contributed by atoms with E-state index in [4.69, 9.17) is 10.6 Å². The molecular formula is C27H35N5O5. The van der Waals surface area contributed by atoms with Gasteiger partial charge in [0.25, 0.3) is 0 Å². The first-order valence-corrected chi connectivity index (χ1v) is 12.7. The lowest BCUT2D eigenvalue weighted by Gasteiger charge is -2.41. The van der Waals surface area contributed by atoms with Gasteiger partial charge in [-0.25, -0.2) is 14.5 Å². The van der Waals surface area contributed by atoms with Crippen molar-refractivity contribution in [1.82, 2.24) is 15.1 Å². The molecule has 0 bridgehead atoms. The van der Waals surface area contributed by atoms with Crippen molar-refractivity contribution >= 4 is 23.7 Å². The number of ether oxygens (including phenoxy) is 1. The number of carbonyl (C=O) groups is 3. The highest BCUT2D eigenvalue weighted by Gasteiger charge is 2.40. The number of benzene rings is 2. The molecule has 198 valence electrons. The van der Waals surface area contributed by atoms with Gasteiger partial charge in [-0.05, 0) is 62.4 Å². The van der Waals surface area contributed by atoms with Crippen LogP contribution in [0.1, 0.15) is 50.2 Å². The lowest BCUT2D eigenvalue weighted by atomic mass is 9.98. The van der Waals surface area contributed by atoms with Gasteiger partial charge in [-0.3, -0.25) is 15.0 Å². The van der Waals surface area contributed by atoms with Crippen LogP contribution < -0.4 is 21.3 Å². The van der Waals surface area contributed by atoms with E-state index in [1.807, 2.05) is 55.5 Å². The average molecular weight is 510 g/mol. The van der Waals surface area contributed by atoms with Gasteiger partial charge in [0.05, 0.1) is 18.6 Å². The zero-order valence-electron chi connectivity index (χ0n) is 21.3. The van der Waals surface area contributed by atoms with Crippen molar-refractivity contribution in [3.63, 3.8) is 0 Å². The summed E-state index contributed by atoms with van der Waals surface area (Å²) in [7, 11) is 0. The standard InChI is InChI=1S/C27H35N5O5/c1-18-8-10-20(11-9-18)17-31-25(30-26(34)32(27(31)35)16-19(2)24(33)37-28)29-21-12-14-23(15-13-21)36-22-6-4-3-5-7-22/h8-15,19,22,25,29H,3-7,16-17,28H2,1-2H3,(H,30,34)/t19-,25?/m0/s1. The summed E-state index contributed by atoms with van der Waals surface area (Å²) in [6, 6.07) is 14.2. The number of nitrogens with zero attached hydrogens (tertiary/aromatic N) is 2. The molecule has 2 aromatic rings. The number of amides is 4. The zero-order chi connectivity index (χ0) is 26.4. The largest absolute Gasteiger partial charge is 0.490 e. The molecule has 1 unspecified atom stereocenters. The molecule has 10 heteroatoms. The Morgan fingerprint density at radius 2 is 1.76 bits per heavy atom. The Balaban J connectivity index is 1.49. The first kappa shape index (κ1) is 26.3. The Morgan fingerprint density at radius 3 is 2.41 bits per heavy atom. The molecule has 0 radical (unpaired) electrons. The van der Waals surface area contributed by atoms with Crippen molar-refractivity contribution in [3.8, 4) is 5.75 Å². The van der Waals surface area contributed by atoms with Crippen LogP contribution in [-0.2, 0) is 16.2 Å². The molecule has 2 atom stereocenters. The minimum Gasteiger partial charge on any atom is -0.490 e. The number of nitrogens with two attached hydrogens (primary N) is 1.